The normalized spacial score (nSPS) is 9.63. The average Bonchev–Trinajstić information content (AvgIpc) is 2.41. The van der Waals surface area contributed by atoms with E-state index < -0.39 is 0 Å². The highest BCUT2D eigenvalue weighted by Crippen LogP contribution is 2.01. The Balaban J connectivity index is 2.12. The van der Waals surface area contributed by atoms with Gasteiger partial charge in [-0.2, -0.15) is 0 Å². The van der Waals surface area contributed by atoms with Gasteiger partial charge < -0.3 is 10.6 Å². The van der Waals surface area contributed by atoms with Gasteiger partial charge in [0.05, 0.1) is 6.54 Å². The van der Waals surface area contributed by atoms with Crippen LogP contribution in [0, 0.1) is 17.8 Å². The van der Waals surface area contributed by atoms with Gasteiger partial charge in [0.1, 0.15) is 0 Å². The van der Waals surface area contributed by atoms with Crippen molar-refractivity contribution in [1.82, 2.24) is 10.6 Å². The third kappa shape index (κ3) is 7.88. The minimum Gasteiger partial charge on any atom is -0.338 e. The third-order valence-electron chi connectivity index (χ3n) is 2.59. The highest BCUT2D eigenvalue weighted by molar-refractivity contribution is 5.74. The van der Waals surface area contributed by atoms with E-state index in [-0.39, 0.29) is 6.03 Å². The Bertz CT molecular complexity index is 429. The van der Waals surface area contributed by atoms with Crippen molar-refractivity contribution < 1.29 is 4.79 Å². The number of carbonyl (C=O) groups is 1. The molecule has 0 radical (unpaired) electrons. The number of nitrogens with one attached hydrogen (secondary N) is 2. The van der Waals surface area contributed by atoms with Crippen LogP contribution in [0.2, 0.25) is 0 Å². The Morgan fingerprint density at radius 3 is 2.63 bits per heavy atom. The molecule has 0 bridgehead atoms. The molecular weight excluding hydrogens is 236 g/mol. The highest BCUT2D eigenvalue weighted by atomic mass is 16.2. The molecule has 0 aliphatic rings. The highest BCUT2D eigenvalue weighted by Gasteiger charge is 1.98. The van der Waals surface area contributed by atoms with Crippen LogP contribution in [0.15, 0.2) is 30.3 Å². The fourth-order valence-electron chi connectivity index (χ4n) is 1.57. The first-order valence-corrected chi connectivity index (χ1v) is 6.74. The van der Waals surface area contributed by atoms with Crippen LogP contribution in [0.4, 0.5) is 4.79 Å². The number of hydrogen-bond donors (Lipinski definition) is 2. The maximum absolute atomic E-state index is 11.4. The zero-order valence-corrected chi connectivity index (χ0v) is 11.7. The van der Waals surface area contributed by atoms with E-state index in [4.69, 9.17) is 0 Å². The van der Waals surface area contributed by atoms with E-state index in [1.165, 1.54) is 0 Å². The zero-order valence-electron chi connectivity index (χ0n) is 11.7. The molecule has 0 saturated carbocycles. The van der Waals surface area contributed by atoms with Gasteiger partial charge in [0, 0.05) is 12.1 Å². The Labute approximate surface area is 115 Å². The summed E-state index contributed by atoms with van der Waals surface area (Å²) in [5.41, 5.74) is 0.960. The first-order chi connectivity index (χ1) is 9.18. The van der Waals surface area contributed by atoms with Crippen molar-refractivity contribution in [2.45, 2.75) is 26.7 Å². The van der Waals surface area contributed by atoms with Gasteiger partial charge in [-0.3, -0.25) is 0 Å². The van der Waals surface area contributed by atoms with Crippen LogP contribution >= 0.6 is 0 Å². The predicted molar refractivity (Wildman–Crippen MR) is 78.8 cm³/mol. The van der Waals surface area contributed by atoms with E-state index in [2.05, 4.69) is 36.3 Å². The van der Waals surface area contributed by atoms with Crippen molar-refractivity contribution >= 4 is 6.03 Å². The quantitative estimate of drug-likeness (QED) is 0.619. The van der Waals surface area contributed by atoms with Gasteiger partial charge in [0.2, 0.25) is 0 Å². The number of amides is 2. The molecule has 0 aliphatic carbocycles. The molecule has 2 N–H and O–H groups in total. The van der Waals surface area contributed by atoms with Crippen molar-refractivity contribution in [3.63, 3.8) is 0 Å². The summed E-state index contributed by atoms with van der Waals surface area (Å²) >= 11 is 0. The van der Waals surface area contributed by atoms with Crippen molar-refractivity contribution in [3.05, 3.63) is 35.9 Å². The van der Waals surface area contributed by atoms with Gasteiger partial charge in [-0.1, -0.05) is 43.9 Å². The van der Waals surface area contributed by atoms with Gasteiger partial charge in [-0.25, -0.2) is 4.79 Å². The molecule has 3 heteroatoms. The van der Waals surface area contributed by atoms with Crippen LogP contribution in [0.1, 0.15) is 32.3 Å². The average molecular weight is 258 g/mol. The van der Waals surface area contributed by atoms with Crippen LogP contribution in [-0.2, 0) is 0 Å². The summed E-state index contributed by atoms with van der Waals surface area (Å²) in [6.07, 6.45) is 2.15. The van der Waals surface area contributed by atoms with Gasteiger partial charge in [-0.15, -0.1) is 0 Å². The lowest BCUT2D eigenvalue weighted by Gasteiger charge is -2.06. The van der Waals surface area contributed by atoms with Gasteiger partial charge in [-0.05, 0) is 30.9 Å². The molecule has 0 spiro atoms. The molecule has 1 aromatic rings. The predicted octanol–water partition coefficient (Wildman–Crippen LogP) is 2.77. The maximum atomic E-state index is 11.4. The monoisotopic (exact) mass is 258 g/mol. The van der Waals surface area contributed by atoms with E-state index in [0.717, 1.165) is 24.9 Å². The first-order valence-electron chi connectivity index (χ1n) is 6.74. The minimum absolute atomic E-state index is 0.147. The molecule has 19 heavy (non-hydrogen) atoms. The summed E-state index contributed by atoms with van der Waals surface area (Å²) < 4.78 is 0. The minimum atomic E-state index is -0.147. The summed E-state index contributed by atoms with van der Waals surface area (Å²) in [7, 11) is 0. The van der Waals surface area contributed by atoms with Crippen molar-refractivity contribution in [3.8, 4) is 11.8 Å². The topological polar surface area (TPSA) is 41.1 Å². The van der Waals surface area contributed by atoms with Gasteiger partial charge >= 0.3 is 6.03 Å². The molecule has 0 saturated heterocycles. The van der Waals surface area contributed by atoms with Crippen LogP contribution in [0.25, 0.3) is 0 Å². The smallest absolute Gasteiger partial charge is 0.315 e. The number of hydrogen-bond acceptors (Lipinski definition) is 1. The van der Waals surface area contributed by atoms with Crippen LogP contribution in [0.3, 0.4) is 0 Å². The lowest BCUT2D eigenvalue weighted by molar-refractivity contribution is 0.241. The molecule has 1 rings (SSSR count). The number of rotatable bonds is 5. The van der Waals surface area contributed by atoms with Gasteiger partial charge in [0.15, 0.2) is 0 Å². The number of urea groups is 1. The molecule has 1 aromatic carbocycles. The molecular formula is C16H22N2O. The standard InChI is InChI=1S/C16H22N2O/c1-14(2)8-6-12-17-16(19)18-13-7-11-15-9-4-3-5-10-15/h3-5,9-10,14H,6,8,12-13H2,1-2H3,(H2,17,18,19). The molecule has 0 aliphatic heterocycles. The fourth-order valence-corrected chi connectivity index (χ4v) is 1.57. The van der Waals surface area contributed by atoms with E-state index in [1.807, 2.05) is 30.3 Å². The molecule has 102 valence electrons. The third-order valence-corrected chi connectivity index (χ3v) is 2.59. The second-order valence-electron chi connectivity index (χ2n) is 4.81. The molecule has 0 unspecified atom stereocenters. The second-order valence-corrected chi connectivity index (χ2v) is 4.81. The first kappa shape index (κ1) is 15.1. The SMILES string of the molecule is CC(C)CCCNC(=O)NCC#Cc1ccccc1. The van der Waals surface area contributed by atoms with E-state index >= 15 is 0 Å². The van der Waals surface area contributed by atoms with Crippen LogP contribution in [0.5, 0.6) is 0 Å². The Morgan fingerprint density at radius 1 is 1.21 bits per heavy atom. The zero-order chi connectivity index (χ0) is 13.9. The number of carbonyl (C=O) groups excluding carboxylic acids is 1. The van der Waals surface area contributed by atoms with Crippen LogP contribution in [-0.4, -0.2) is 19.1 Å². The van der Waals surface area contributed by atoms with Crippen molar-refractivity contribution in [2.24, 2.45) is 5.92 Å². The maximum Gasteiger partial charge on any atom is 0.315 e. The summed E-state index contributed by atoms with van der Waals surface area (Å²) in [4.78, 5) is 11.4. The van der Waals surface area contributed by atoms with Crippen molar-refractivity contribution in [2.75, 3.05) is 13.1 Å². The summed E-state index contributed by atoms with van der Waals surface area (Å²) in [6.45, 7) is 5.44. The Hall–Kier alpha value is -1.95. The van der Waals surface area contributed by atoms with E-state index in [1.54, 1.807) is 0 Å². The summed E-state index contributed by atoms with van der Waals surface area (Å²) in [5.74, 6) is 6.59. The Kier molecular flexibility index (Phi) is 7.19. The summed E-state index contributed by atoms with van der Waals surface area (Å²) in [5, 5.41) is 5.54. The largest absolute Gasteiger partial charge is 0.338 e. The second kappa shape index (κ2) is 9.04. The summed E-state index contributed by atoms with van der Waals surface area (Å²) in [6, 6.07) is 9.58. The van der Waals surface area contributed by atoms with Gasteiger partial charge in [0.25, 0.3) is 0 Å². The molecule has 2 amide bonds. The van der Waals surface area contributed by atoms with E-state index in [0.29, 0.717) is 12.5 Å². The number of benzene rings is 1. The molecule has 0 heterocycles. The molecule has 0 aromatic heterocycles. The lowest BCUT2D eigenvalue weighted by Crippen LogP contribution is -2.36. The molecule has 0 atom stereocenters. The van der Waals surface area contributed by atoms with E-state index in [9.17, 15) is 4.79 Å². The Morgan fingerprint density at radius 2 is 1.95 bits per heavy atom. The van der Waals surface area contributed by atoms with Crippen LogP contribution < -0.4 is 10.6 Å². The van der Waals surface area contributed by atoms with Crippen molar-refractivity contribution in [1.29, 1.82) is 0 Å². The fraction of sp³-hybridized carbons (Fsp3) is 0.438. The molecule has 0 fully saturated rings. The molecule has 3 nitrogen and oxygen atoms in total. The lowest BCUT2D eigenvalue weighted by atomic mass is 10.1.